The molecule has 0 bridgehead atoms. The highest BCUT2D eigenvalue weighted by Crippen LogP contribution is 2.20. The molecule has 1 N–H and O–H groups in total. The van der Waals surface area contributed by atoms with Gasteiger partial charge in [0.1, 0.15) is 12.2 Å². The number of hydrogen-bond donors (Lipinski definition) is 1. The largest absolute Gasteiger partial charge is 0.465 e. The van der Waals surface area contributed by atoms with E-state index in [1.807, 2.05) is 25.1 Å². The Morgan fingerprint density at radius 3 is 2.95 bits per heavy atom. The Bertz CT molecular complexity index is 633. The van der Waals surface area contributed by atoms with Crippen LogP contribution >= 0.6 is 0 Å². The van der Waals surface area contributed by atoms with Crippen LogP contribution in [0.3, 0.4) is 0 Å². The fourth-order valence-electron chi connectivity index (χ4n) is 1.83. The van der Waals surface area contributed by atoms with Gasteiger partial charge in [-0.3, -0.25) is 9.59 Å². The SMILES string of the molecule is CCOC(=O)CNC(=O)Cc1noc2ccc(C)cc12. The van der Waals surface area contributed by atoms with Crippen LogP contribution in [0.4, 0.5) is 0 Å². The fraction of sp³-hybridized carbons (Fsp3) is 0.357. The molecule has 1 heterocycles. The molecule has 2 rings (SSSR count). The van der Waals surface area contributed by atoms with Crippen molar-refractivity contribution in [1.82, 2.24) is 10.5 Å². The minimum atomic E-state index is -0.457. The van der Waals surface area contributed by atoms with Gasteiger partial charge in [0.25, 0.3) is 0 Å². The lowest BCUT2D eigenvalue weighted by Crippen LogP contribution is -2.31. The quantitative estimate of drug-likeness (QED) is 0.834. The van der Waals surface area contributed by atoms with E-state index >= 15 is 0 Å². The first-order valence-electron chi connectivity index (χ1n) is 6.37. The maximum atomic E-state index is 11.7. The predicted octanol–water partition coefficient (Wildman–Crippen LogP) is 1.36. The second-order valence-electron chi connectivity index (χ2n) is 4.39. The number of carbonyl (C=O) groups is 2. The van der Waals surface area contributed by atoms with Crippen LogP contribution in [0.2, 0.25) is 0 Å². The normalized spacial score (nSPS) is 10.5. The van der Waals surface area contributed by atoms with Gasteiger partial charge in [-0.1, -0.05) is 16.8 Å². The molecule has 0 unspecified atom stereocenters. The van der Waals surface area contributed by atoms with E-state index in [-0.39, 0.29) is 18.9 Å². The first kappa shape index (κ1) is 14.0. The van der Waals surface area contributed by atoms with Crippen LogP contribution in [-0.4, -0.2) is 30.2 Å². The number of amides is 1. The Hall–Kier alpha value is -2.37. The summed E-state index contributed by atoms with van der Waals surface area (Å²) in [7, 11) is 0. The molecule has 0 aliphatic heterocycles. The van der Waals surface area contributed by atoms with Crippen molar-refractivity contribution in [3.8, 4) is 0 Å². The summed E-state index contributed by atoms with van der Waals surface area (Å²) in [5.41, 5.74) is 2.27. The molecule has 6 nitrogen and oxygen atoms in total. The summed E-state index contributed by atoms with van der Waals surface area (Å²) in [6.45, 7) is 3.82. The van der Waals surface area contributed by atoms with E-state index in [9.17, 15) is 9.59 Å². The number of esters is 1. The zero-order chi connectivity index (χ0) is 14.5. The van der Waals surface area contributed by atoms with Gasteiger partial charge in [-0.2, -0.15) is 0 Å². The van der Waals surface area contributed by atoms with Crippen molar-refractivity contribution in [2.75, 3.05) is 13.2 Å². The zero-order valence-corrected chi connectivity index (χ0v) is 11.4. The lowest BCUT2D eigenvalue weighted by atomic mass is 10.1. The molecule has 0 aliphatic carbocycles. The minimum absolute atomic E-state index is 0.0653. The number of nitrogens with zero attached hydrogens (tertiary/aromatic N) is 1. The van der Waals surface area contributed by atoms with Gasteiger partial charge in [0.2, 0.25) is 5.91 Å². The third kappa shape index (κ3) is 3.34. The van der Waals surface area contributed by atoms with Crippen molar-refractivity contribution in [1.29, 1.82) is 0 Å². The number of rotatable bonds is 5. The molecule has 106 valence electrons. The number of ether oxygens (including phenoxy) is 1. The van der Waals surface area contributed by atoms with Gasteiger partial charge in [0, 0.05) is 5.39 Å². The summed E-state index contributed by atoms with van der Waals surface area (Å²) in [6, 6.07) is 5.65. The van der Waals surface area contributed by atoms with E-state index in [4.69, 9.17) is 9.26 Å². The highest BCUT2D eigenvalue weighted by Gasteiger charge is 2.13. The van der Waals surface area contributed by atoms with Crippen molar-refractivity contribution in [3.05, 3.63) is 29.5 Å². The topological polar surface area (TPSA) is 81.4 Å². The van der Waals surface area contributed by atoms with Crippen LogP contribution in [0, 0.1) is 6.92 Å². The molecule has 6 heteroatoms. The second kappa shape index (κ2) is 6.18. The third-order valence-electron chi connectivity index (χ3n) is 2.76. The molecule has 1 aromatic heterocycles. The monoisotopic (exact) mass is 276 g/mol. The summed E-state index contributed by atoms with van der Waals surface area (Å²) in [5.74, 6) is -0.753. The number of carbonyl (C=O) groups excluding carboxylic acids is 2. The fourth-order valence-corrected chi connectivity index (χ4v) is 1.83. The number of nitrogens with one attached hydrogen (secondary N) is 1. The second-order valence-corrected chi connectivity index (χ2v) is 4.39. The first-order valence-corrected chi connectivity index (χ1v) is 6.37. The molecule has 2 aromatic rings. The maximum Gasteiger partial charge on any atom is 0.325 e. The minimum Gasteiger partial charge on any atom is -0.465 e. The Kier molecular flexibility index (Phi) is 4.34. The first-order chi connectivity index (χ1) is 9.60. The van der Waals surface area contributed by atoms with E-state index in [2.05, 4.69) is 10.5 Å². The van der Waals surface area contributed by atoms with Crippen LogP contribution in [0.5, 0.6) is 0 Å². The van der Waals surface area contributed by atoms with Crippen LogP contribution in [0.15, 0.2) is 22.7 Å². The van der Waals surface area contributed by atoms with Crippen LogP contribution in [-0.2, 0) is 20.7 Å². The standard InChI is InChI=1S/C14H16N2O4/c1-3-19-14(18)8-15-13(17)7-11-10-6-9(2)4-5-12(10)20-16-11/h4-6H,3,7-8H2,1-2H3,(H,15,17). The zero-order valence-electron chi connectivity index (χ0n) is 11.4. The van der Waals surface area contributed by atoms with Gasteiger partial charge < -0.3 is 14.6 Å². The summed E-state index contributed by atoms with van der Waals surface area (Å²) in [4.78, 5) is 22.9. The Morgan fingerprint density at radius 1 is 1.40 bits per heavy atom. The number of aryl methyl sites for hydroxylation is 1. The number of fused-ring (bicyclic) bond motifs is 1. The molecule has 0 aliphatic rings. The van der Waals surface area contributed by atoms with E-state index in [0.717, 1.165) is 10.9 Å². The maximum absolute atomic E-state index is 11.7. The van der Waals surface area contributed by atoms with Gasteiger partial charge in [-0.25, -0.2) is 0 Å². The highest BCUT2D eigenvalue weighted by molar-refractivity contribution is 5.88. The molecule has 0 fully saturated rings. The molecule has 0 atom stereocenters. The predicted molar refractivity (Wildman–Crippen MR) is 72.1 cm³/mol. The molecule has 0 saturated heterocycles. The Balaban J connectivity index is 1.99. The summed E-state index contributed by atoms with van der Waals surface area (Å²) < 4.78 is 9.87. The molecular formula is C14H16N2O4. The van der Waals surface area contributed by atoms with E-state index < -0.39 is 5.97 Å². The van der Waals surface area contributed by atoms with Crippen LogP contribution in [0.1, 0.15) is 18.2 Å². The molecule has 0 spiro atoms. The van der Waals surface area contributed by atoms with E-state index in [1.54, 1.807) is 6.92 Å². The van der Waals surface area contributed by atoms with Crippen molar-refractivity contribution < 1.29 is 18.8 Å². The molecule has 20 heavy (non-hydrogen) atoms. The third-order valence-corrected chi connectivity index (χ3v) is 2.76. The number of hydrogen-bond acceptors (Lipinski definition) is 5. The van der Waals surface area contributed by atoms with Crippen molar-refractivity contribution in [2.45, 2.75) is 20.3 Å². The molecule has 1 aromatic carbocycles. The lowest BCUT2D eigenvalue weighted by Gasteiger charge is -2.03. The number of aromatic nitrogens is 1. The van der Waals surface area contributed by atoms with Crippen LogP contribution < -0.4 is 5.32 Å². The van der Waals surface area contributed by atoms with Crippen molar-refractivity contribution in [2.24, 2.45) is 0 Å². The lowest BCUT2D eigenvalue weighted by molar-refractivity contribution is -0.143. The smallest absolute Gasteiger partial charge is 0.325 e. The highest BCUT2D eigenvalue weighted by atomic mass is 16.5. The molecule has 0 radical (unpaired) electrons. The average molecular weight is 276 g/mol. The van der Waals surface area contributed by atoms with Gasteiger partial charge in [0.15, 0.2) is 5.58 Å². The van der Waals surface area contributed by atoms with Crippen molar-refractivity contribution >= 4 is 22.8 Å². The van der Waals surface area contributed by atoms with Gasteiger partial charge in [-0.15, -0.1) is 0 Å². The van der Waals surface area contributed by atoms with E-state index in [1.165, 1.54) is 0 Å². The molecular weight excluding hydrogens is 260 g/mol. The van der Waals surface area contributed by atoms with Gasteiger partial charge in [-0.05, 0) is 26.0 Å². The van der Waals surface area contributed by atoms with Gasteiger partial charge in [0.05, 0.1) is 13.0 Å². The number of benzene rings is 1. The van der Waals surface area contributed by atoms with Crippen LogP contribution in [0.25, 0.3) is 11.0 Å². The molecule has 1 amide bonds. The van der Waals surface area contributed by atoms with Crippen molar-refractivity contribution in [3.63, 3.8) is 0 Å². The Labute approximate surface area is 116 Å². The molecule has 0 saturated carbocycles. The average Bonchev–Trinajstić information content (AvgIpc) is 2.79. The summed E-state index contributed by atoms with van der Waals surface area (Å²) >= 11 is 0. The van der Waals surface area contributed by atoms with E-state index in [0.29, 0.717) is 17.9 Å². The Morgan fingerprint density at radius 2 is 2.20 bits per heavy atom. The summed E-state index contributed by atoms with van der Waals surface area (Å²) in [6.07, 6.45) is 0.0653. The van der Waals surface area contributed by atoms with Gasteiger partial charge >= 0.3 is 5.97 Å². The summed E-state index contributed by atoms with van der Waals surface area (Å²) in [5, 5.41) is 7.19.